The maximum atomic E-state index is 12.6. The van der Waals surface area contributed by atoms with Crippen LogP contribution < -0.4 is 4.74 Å². The van der Waals surface area contributed by atoms with Crippen LogP contribution in [0.2, 0.25) is 0 Å². The minimum absolute atomic E-state index is 0.157. The first-order chi connectivity index (χ1) is 11.3. The SMILES string of the molecule is COc1ccc(CN2CCOC(C(=O)N3CCSCC3)C2)cc1. The summed E-state index contributed by atoms with van der Waals surface area (Å²) in [5.41, 5.74) is 1.23. The number of methoxy groups -OCH3 is 1. The van der Waals surface area contributed by atoms with Crippen LogP contribution in [0.5, 0.6) is 5.75 Å². The third-order valence-corrected chi connectivity index (χ3v) is 5.26. The van der Waals surface area contributed by atoms with Gasteiger partial charge in [0.05, 0.1) is 13.7 Å². The number of carbonyl (C=O) groups excluding carboxylic acids is 1. The summed E-state index contributed by atoms with van der Waals surface area (Å²) >= 11 is 1.91. The molecule has 2 saturated heterocycles. The molecule has 1 aromatic carbocycles. The lowest BCUT2D eigenvalue weighted by atomic mass is 10.1. The molecule has 1 atom stereocenters. The van der Waals surface area contributed by atoms with E-state index in [2.05, 4.69) is 17.0 Å². The Kier molecular flexibility index (Phi) is 5.80. The van der Waals surface area contributed by atoms with Gasteiger partial charge in [0.2, 0.25) is 0 Å². The van der Waals surface area contributed by atoms with Crippen LogP contribution in [-0.2, 0) is 16.1 Å². The van der Waals surface area contributed by atoms with Gasteiger partial charge in [-0.2, -0.15) is 11.8 Å². The van der Waals surface area contributed by atoms with Crippen LogP contribution in [0.4, 0.5) is 0 Å². The normalized spacial score (nSPS) is 22.8. The molecule has 0 radical (unpaired) electrons. The molecule has 5 nitrogen and oxygen atoms in total. The standard InChI is InChI=1S/C17H24N2O3S/c1-21-15-4-2-14(3-5-15)12-18-6-9-22-16(13-18)17(20)19-7-10-23-11-8-19/h2-5,16H,6-13H2,1H3. The Labute approximate surface area is 141 Å². The Morgan fingerprint density at radius 3 is 2.70 bits per heavy atom. The van der Waals surface area contributed by atoms with Gasteiger partial charge in [-0.25, -0.2) is 0 Å². The van der Waals surface area contributed by atoms with E-state index in [4.69, 9.17) is 9.47 Å². The predicted molar refractivity (Wildman–Crippen MR) is 91.9 cm³/mol. The van der Waals surface area contributed by atoms with Gasteiger partial charge < -0.3 is 14.4 Å². The van der Waals surface area contributed by atoms with E-state index in [-0.39, 0.29) is 12.0 Å². The van der Waals surface area contributed by atoms with Crippen molar-refractivity contribution in [2.45, 2.75) is 12.6 Å². The molecular weight excluding hydrogens is 312 g/mol. The summed E-state index contributed by atoms with van der Waals surface area (Å²) in [5, 5.41) is 0. The van der Waals surface area contributed by atoms with Crippen molar-refractivity contribution in [2.24, 2.45) is 0 Å². The van der Waals surface area contributed by atoms with Crippen molar-refractivity contribution in [1.29, 1.82) is 0 Å². The number of amides is 1. The number of thioether (sulfide) groups is 1. The molecule has 0 bridgehead atoms. The lowest BCUT2D eigenvalue weighted by Crippen LogP contribution is -2.52. The van der Waals surface area contributed by atoms with E-state index >= 15 is 0 Å². The summed E-state index contributed by atoms with van der Waals surface area (Å²) in [6, 6.07) is 8.10. The third kappa shape index (κ3) is 4.40. The Morgan fingerprint density at radius 1 is 1.26 bits per heavy atom. The second-order valence-electron chi connectivity index (χ2n) is 5.88. The molecule has 0 saturated carbocycles. The highest BCUT2D eigenvalue weighted by molar-refractivity contribution is 7.99. The maximum absolute atomic E-state index is 12.6. The summed E-state index contributed by atoms with van der Waals surface area (Å²) in [5.74, 6) is 3.10. The van der Waals surface area contributed by atoms with Gasteiger partial charge >= 0.3 is 0 Å². The van der Waals surface area contributed by atoms with Crippen molar-refractivity contribution in [3.8, 4) is 5.75 Å². The molecule has 0 N–H and O–H groups in total. The number of morpholine rings is 1. The highest BCUT2D eigenvalue weighted by Crippen LogP contribution is 2.17. The van der Waals surface area contributed by atoms with E-state index in [9.17, 15) is 4.79 Å². The van der Waals surface area contributed by atoms with Crippen LogP contribution in [0.15, 0.2) is 24.3 Å². The number of hydrogen-bond donors (Lipinski definition) is 0. The lowest BCUT2D eigenvalue weighted by Gasteiger charge is -2.36. The van der Waals surface area contributed by atoms with Crippen molar-refractivity contribution in [3.63, 3.8) is 0 Å². The number of ether oxygens (including phenoxy) is 2. The second kappa shape index (κ2) is 8.04. The summed E-state index contributed by atoms with van der Waals surface area (Å²) in [6.07, 6.45) is -0.315. The highest BCUT2D eigenvalue weighted by atomic mass is 32.2. The molecule has 0 aromatic heterocycles. The second-order valence-corrected chi connectivity index (χ2v) is 7.11. The lowest BCUT2D eigenvalue weighted by molar-refractivity contribution is -0.149. The largest absolute Gasteiger partial charge is 0.497 e. The van der Waals surface area contributed by atoms with Gasteiger partial charge in [-0.05, 0) is 17.7 Å². The van der Waals surface area contributed by atoms with Crippen LogP contribution in [-0.4, -0.2) is 73.2 Å². The van der Waals surface area contributed by atoms with E-state index in [0.29, 0.717) is 13.2 Å². The van der Waals surface area contributed by atoms with E-state index in [1.807, 2.05) is 28.8 Å². The van der Waals surface area contributed by atoms with E-state index < -0.39 is 0 Å². The summed E-state index contributed by atoms with van der Waals surface area (Å²) < 4.78 is 10.9. The minimum atomic E-state index is -0.315. The Balaban J connectivity index is 1.55. The molecule has 1 amide bonds. The fraction of sp³-hybridized carbons (Fsp3) is 0.588. The zero-order valence-corrected chi connectivity index (χ0v) is 14.4. The van der Waals surface area contributed by atoms with Gasteiger partial charge in [0.15, 0.2) is 0 Å². The fourth-order valence-corrected chi connectivity index (χ4v) is 3.88. The van der Waals surface area contributed by atoms with Gasteiger partial charge in [0, 0.05) is 44.2 Å². The van der Waals surface area contributed by atoms with Gasteiger partial charge in [0.25, 0.3) is 5.91 Å². The van der Waals surface area contributed by atoms with Crippen LogP contribution in [0, 0.1) is 0 Å². The number of hydrogen-bond acceptors (Lipinski definition) is 5. The number of nitrogens with zero attached hydrogens (tertiary/aromatic N) is 2. The Morgan fingerprint density at radius 2 is 2.00 bits per heavy atom. The average Bonchev–Trinajstić information content (AvgIpc) is 2.63. The van der Waals surface area contributed by atoms with E-state index in [0.717, 1.165) is 43.4 Å². The molecular formula is C17H24N2O3S. The molecule has 23 heavy (non-hydrogen) atoms. The Hall–Kier alpha value is -1.24. The van der Waals surface area contributed by atoms with E-state index in [1.165, 1.54) is 5.56 Å². The molecule has 1 unspecified atom stereocenters. The quantitative estimate of drug-likeness (QED) is 0.833. The van der Waals surface area contributed by atoms with Crippen molar-refractivity contribution in [3.05, 3.63) is 29.8 Å². The van der Waals surface area contributed by atoms with Gasteiger partial charge in [-0.3, -0.25) is 9.69 Å². The first kappa shape index (κ1) is 16.6. The van der Waals surface area contributed by atoms with Gasteiger partial charge in [-0.15, -0.1) is 0 Å². The zero-order chi connectivity index (χ0) is 16.1. The smallest absolute Gasteiger partial charge is 0.253 e. The molecule has 2 fully saturated rings. The monoisotopic (exact) mass is 336 g/mol. The molecule has 2 heterocycles. The topological polar surface area (TPSA) is 42.0 Å². The molecule has 3 rings (SSSR count). The zero-order valence-electron chi connectivity index (χ0n) is 13.6. The molecule has 126 valence electrons. The van der Waals surface area contributed by atoms with Crippen LogP contribution in [0.3, 0.4) is 0 Å². The van der Waals surface area contributed by atoms with E-state index in [1.54, 1.807) is 7.11 Å². The molecule has 2 aliphatic heterocycles. The maximum Gasteiger partial charge on any atom is 0.253 e. The summed E-state index contributed by atoms with van der Waals surface area (Å²) in [7, 11) is 1.67. The van der Waals surface area contributed by atoms with Crippen molar-refractivity contribution < 1.29 is 14.3 Å². The first-order valence-electron chi connectivity index (χ1n) is 8.09. The third-order valence-electron chi connectivity index (χ3n) is 4.31. The average molecular weight is 336 g/mol. The van der Waals surface area contributed by atoms with Crippen LogP contribution in [0.25, 0.3) is 0 Å². The molecule has 0 spiro atoms. The number of carbonyl (C=O) groups is 1. The fourth-order valence-electron chi connectivity index (χ4n) is 2.97. The summed E-state index contributed by atoms with van der Waals surface area (Å²) in [4.78, 5) is 16.8. The summed E-state index contributed by atoms with van der Waals surface area (Å²) in [6.45, 7) is 4.70. The Bertz CT molecular complexity index is 517. The molecule has 6 heteroatoms. The van der Waals surface area contributed by atoms with Crippen LogP contribution >= 0.6 is 11.8 Å². The molecule has 0 aliphatic carbocycles. The number of rotatable bonds is 4. The van der Waals surface area contributed by atoms with Crippen molar-refractivity contribution >= 4 is 17.7 Å². The minimum Gasteiger partial charge on any atom is -0.497 e. The van der Waals surface area contributed by atoms with Gasteiger partial charge in [-0.1, -0.05) is 12.1 Å². The molecule has 1 aromatic rings. The molecule has 2 aliphatic rings. The van der Waals surface area contributed by atoms with Crippen molar-refractivity contribution in [1.82, 2.24) is 9.80 Å². The van der Waals surface area contributed by atoms with Crippen LogP contribution in [0.1, 0.15) is 5.56 Å². The number of benzene rings is 1. The highest BCUT2D eigenvalue weighted by Gasteiger charge is 2.30. The first-order valence-corrected chi connectivity index (χ1v) is 9.25. The predicted octanol–water partition coefficient (Wildman–Crippen LogP) is 1.47. The van der Waals surface area contributed by atoms with Crippen molar-refractivity contribution in [2.75, 3.05) is 51.4 Å². The van der Waals surface area contributed by atoms with Gasteiger partial charge in [0.1, 0.15) is 11.9 Å².